The molecule has 0 amide bonds. The molecule has 0 aliphatic carbocycles. The Morgan fingerprint density at radius 1 is 1.45 bits per heavy atom. The third-order valence-corrected chi connectivity index (χ3v) is 1.27. The van der Waals surface area contributed by atoms with Crippen LogP contribution in [0.4, 0.5) is 0 Å². The maximum Gasteiger partial charge on any atom is 0.0696 e. The third kappa shape index (κ3) is 2.96. The Morgan fingerprint density at radius 2 is 2.09 bits per heavy atom. The molecule has 0 aliphatic rings. The summed E-state index contributed by atoms with van der Waals surface area (Å²) in [5.41, 5.74) is 1.06. The highest BCUT2D eigenvalue weighted by Gasteiger charge is 1.86. The number of rotatable bonds is 2. The van der Waals surface area contributed by atoms with E-state index in [1.807, 2.05) is 18.2 Å². The summed E-state index contributed by atoms with van der Waals surface area (Å²) in [5.74, 6) is 0. The van der Waals surface area contributed by atoms with Gasteiger partial charge < -0.3 is 5.11 Å². The second-order valence-corrected chi connectivity index (χ2v) is 2.38. The van der Waals surface area contributed by atoms with Gasteiger partial charge in [0.15, 0.2) is 0 Å². The molecule has 2 nitrogen and oxygen atoms in total. The van der Waals surface area contributed by atoms with Crippen LogP contribution in [0.25, 0.3) is 6.08 Å². The number of hydrogen-bond donors (Lipinski definition) is 1. The topological polar surface area (TPSA) is 33.1 Å². The molecule has 1 unspecified atom stereocenters. The van der Waals surface area contributed by atoms with E-state index < -0.39 is 0 Å². The summed E-state index contributed by atoms with van der Waals surface area (Å²) in [6.45, 7) is 1.72. The van der Waals surface area contributed by atoms with E-state index in [0.717, 1.165) is 5.56 Å². The highest BCUT2D eigenvalue weighted by Crippen LogP contribution is 1.99. The quantitative estimate of drug-likeness (QED) is 0.690. The molecule has 0 aliphatic heterocycles. The fraction of sp³-hybridized carbons (Fsp3) is 0.222. The number of hydrogen-bond acceptors (Lipinski definition) is 2. The fourth-order valence-electron chi connectivity index (χ4n) is 0.725. The minimum Gasteiger partial charge on any atom is -0.389 e. The van der Waals surface area contributed by atoms with E-state index in [4.69, 9.17) is 5.11 Å². The van der Waals surface area contributed by atoms with Crippen LogP contribution in [0.1, 0.15) is 12.5 Å². The number of aromatic nitrogens is 1. The van der Waals surface area contributed by atoms with Crippen molar-refractivity contribution in [1.29, 1.82) is 0 Å². The largest absolute Gasteiger partial charge is 0.389 e. The fourth-order valence-corrected chi connectivity index (χ4v) is 0.725. The number of pyridine rings is 1. The van der Waals surface area contributed by atoms with Crippen molar-refractivity contribution in [3.05, 3.63) is 36.2 Å². The lowest BCUT2D eigenvalue weighted by Gasteiger charge is -1.93. The van der Waals surface area contributed by atoms with E-state index in [1.165, 1.54) is 0 Å². The minimum atomic E-state index is -0.386. The van der Waals surface area contributed by atoms with Gasteiger partial charge in [-0.2, -0.15) is 0 Å². The molecule has 1 heterocycles. The van der Waals surface area contributed by atoms with E-state index >= 15 is 0 Å². The van der Waals surface area contributed by atoms with Gasteiger partial charge in [0, 0.05) is 12.4 Å². The first-order valence-electron chi connectivity index (χ1n) is 3.55. The van der Waals surface area contributed by atoms with Crippen LogP contribution < -0.4 is 0 Å². The van der Waals surface area contributed by atoms with E-state index in [2.05, 4.69) is 4.98 Å². The summed E-state index contributed by atoms with van der Waals surface area (Å²) < 4.78 is 0. The summed E-state index contributed by atoms with van der Waals surface area (Å²) in [7, 11) is 0. The Bertz CT molecular complexity index is 229. The van der Waals surface area contributed by atoms with Crippen LogP contribution in [-0.4, -0.2) is 16.2 Å². The highest BCUT2D eigenvalue weighted by atomic mass is 16.3. The predicted octanol–water partition coefficient (Wildman–Crippen LogP) is 1.48. The molecule has 1 aromatic heterocycles. The molecule has 1 aromatic rings. The van der Waals surface area contributed by atoms with Crippen molar-refractivity contribution in [2.24, 2.45) is 0 Å². The van der Waals surface area contributed by atoms with Crippen molar-refractivity contribution in [2.75, 3.05) is 0 Å². The number of aliphatic hydroxyl groups is 1. The van der Waals surface area contributed by atoms with Crippen molar-refractivity contribution in [3.8, 4) is 0 Å². The van der Waals surface area contributed by atoms with E-state index in [9.17, 15) is 0 Å². The Labute approximate surface area is 66.2 Å². The first-order chi connectivity index (χ1) is 5.29. The van der Waals surface area contributed by atoms with Crippen LogP contribution in [0, 0.1) is 0 Å². The van der Waals surface area contributed by atoms with E-state index in [1.54, 1.807) is 25.4 Å². The average Bonchev–Trinajstić information content (AvgIpc) is 2.03. The molecule has 0 fully saturated rings. The zero-order valence-corrected chi connectivity index (χ0v) is 6.44. The smallest absolute Gasteiger partial charge is 0.0696 e. The molecule has 2 heteroatoms. The second kappa shape index (κ2) is 3.88. The van der Waals surface area contributed by atoms with Gasteiger partial charge in [-0.15, -0.1) is 0 Å². The van der Waals surface area contributed by atoms with Gasteiger partial charge in [-0.1, -0.05) is 12.2 Å². The minimum absolute atomic E-state index is 0.386. The van der Waals surface area contributed by atoms with Gasteiger partial charge in [0.05, 0.1) is 6.10 Å². The number of aliphatic hydroxyl groups excluding tert-OH is 1. The molecule has 1 rings (SSSR count). The molecular formula is C9H11NO. The monoisotopic (exact) mass is 149 g/mol. The van der Waals surface area contributed by atoms with Gasteiger partial charge in [0.2, 0.25) is 0 Å². The normalized spacial score (nSPS) is 13.6. The van der Waals surface area contributed by atoms with Crippen molar-refractivity contribution in [3.63, 3.8) is 0 Å². The van der Waals surface area contributed by atoms with Gasteiger partial charge >= 0.3 is 0 Å². The maximum atomic E-state index is 8.91. The molecule has 0 saturated carbocycles. The summed E-state index contributed by atoms with van der Waals surface area (Å²) in [5, 5.41) is 8.91. The van der Waals surface area contributed by atoms with Crippen LogP contribution in [-0.2, 0) is 0 Å². The lowest BCUT2D eigenvalue weighted by molar-refractivity contribution is 0.245. The Kier molecular flexibility index (Phi) is 2.81. The van der Waals surface area contributed by atoms with Crippen molar-refractivity contribution in [2.45, 2.75) is 13.0 Å². The number of nitrogens with zero attached hydrogens (tertiary/aromatic N) is 1. The van der Waals surface area contributed by atoms with Crippen molar-refractivity contribution < 1.29 is 5.11 Å². The van der Waals surface area contributed by atoms with Gasteiger partial charge in [-0.05, 0) is 24.6 Å². The van der Waals surface area contributed by atoms with Crippen LogP contribution in [0.5, 0.6) is 0 Å². The molecule has 11 heavy (non-hydrogen) atoms. The lowest BCUT2D eigenvalue weighted by atomic mass is 10.2. The van der Waals surface area contributed by atoms with Crippen molar-refractivity contribution in [1.82, 2.24) is 4.98 Å². The third-order valence-electron chi connectivity index (χ3n) is 1.27. The molecule has 1 N–H and O–H groups in total. The first kappa shape index (κ1) is 7.95. The Hall–Kier alpha value is -1.15. The average molecular weight is 149 g/mol. The summed E-state index contributed by atoms with van der Waals surface area (Å²) >= 11 is 0. The summed E-state index contributed by atoms with van der Waals surface area (Å²) in [6, 6.07) is 3.78. The highest BCUT2D eigenvalue weighted by molar-refractivity contribution is 5.48. The van der Waals surface area contributed by atoms with Crippen LogP contribution in [0.2, 0.25) is 0 Å². The zero-order chi connectivity index (χ0) is 8.10. The van der Waals surface area contributed by atoms with E-state index in [0.29, 0.717) is 0 Å². The van der Waals surface area contributed by atoms with Crippen molar-refractivity contribution >= 4 is 6.08 Å². The molecule has 1 atom stereocenters. The molecule has 58 valence electrons. The Morgan fingerprint density at radius 3 is 2.64 bits per heavy atom. The standard InChI is InChI=1S/C9H11NO/c1-8(11)2-3-9-4-6-10-7-5-9/h2-8,11H,1H3/b3-2+. The summed E-state index contributed by atoms with van der Waals surface area (Å²) in [4.78, 5) is 3.88. The zero-order valence-electron chi connectivity index (χ0n) is 6.44. The first-order valence-corrected chi connectivity index (χ1v) is 3.55. The van der Waals surface area contributed by atoms with Gasteiger partial charge in [0.25, 0.3) is 0 Å². The van der Waals surface area contributed by atoms with Crippen LogP contribution in [0.15, 0.2) is 30.6 Å². The van der Waals surface area contributed by atoms with Gasteiger partial charge in [-0.3, -0.25) is 4.98 Å². The molecular weight excluding hydrogens is 138 g/mol. The maximum absolute atomic E-state index is 8.91. The second-order valence-electron chi connectivity index (χ2n) is 2.38. The van der Waals surface area contributed by atoms with E-state index in [-0.39, 0.29) is 6.10 Å². The van der Waals surface area contributed by atoms with Gasteiger partial charge in [-0.25, -0.2) is 0 Å². The van der Waals surface area contributed by atoms with Crippen LogP contribution in [0.3, 0.4) is 0 Å². The Balaban J connectivity index is 2.65. The molecule has 0 saturated heterocycles. The van der Waals surface area contributed by atoms with Gasteiger partial charge in [0.1, 0.15) is 0 Å². The lowest BCUT2D eigenvalue weighted by Crippen LogP contribution is -1.91. The summed E-state index contributed by atoms with van der Waals surface area (Å²) in [6.07, 6.45) is 6.66. The van der Waals surface area contributed by atoms with Crippen LogP contribution >= 0.6 is 0 Å². The molecule has 0 bridgehead atoms. The molecule has 0 aromatic carbocycles. The SMILES string of the molecule is CC(O)/C=C/c1ccncc1. The molecule has 0 radical (unpaired) electrons. The predicted molar refractivity (Wildman–Crippen MR) is 45.0 cm³/mol. The molecule has 0 spiro atoms.